The third kappa shape index (κ3) is 3.50. The van der Waals surface area contributed by atoms with E-state index in [4.69, 9.17) is 11.6 Å². The van der Waals surface area contributed by atoms with E-state index in [0.29, 0.717) is 0 Å². The third-order valence-electron chi connectivity index (χ3n) is 2.65. The molecule has 0 aromatic heterocycles. The minimum Gasteiger partial charge on any atom is -0.381 e. The molecule has 0 radical (unpaired) electrons. The average Bonchev–Trinajstić information content (AvgIpc) is 2.35. The van der Waals surface area contributed by atoms with Crippen LogP contribution in [0, 0.1) is 6.92 Å². The van der Waals surface area contributed by atoms with Crippen LogP contribution in [0.25, 0.3) is 0 Å². The maximum atomic E-state index is 6.09. The molecule has 0 aliphatic rings. The first-order valence-corrected chi connectivity index (χ1v) is 7.46. The van der Waals surface area contributed by atoms with Crippen molar-refractivity contribution in [1.29, 1.82) is 0 Å². The van der Waals surface area contributed by atoms with Crippen LogP contribution in [0.4, 0.5) is 5.69 Å². The normalized spacial score (nSPS) is 10.4. The minimum absolute atomic E-state index is 0.769. The summed E-state index contributed by atoms with van der Waals surface area (Å²) in [5, 5.41) is 4.14. The molecule has 1 N–H and O–H groups in total. The van der Waals surface area contributed by atoms with Crippen molar-refractivity contribution < 1.29 is 0 Å². The van der Waals surface area contributed by atoms with Crippen LogP contribution in [0.5, 0.6) is 0 Å². The second-order valence-electron chi connectivity index (χ2n) is 4.07. The Hall–Kier alpha value is -0.510. The number of halogens is 3. The van der Waals surface area contributed by atoms with Gasteiger partial charge in [0.1, 0.15) is 0 Å². The Kier molecular flexibility index (Phi) is 4.71. The quantitative estimate of drug-likeness (QED) is 0.701. The van der Waals surface area contributed by atoms with Gasteiger partial charge in [-0.05, 0) is 74.2 Å². The first-order chi connectivity index (χ1) is 8.56. The van der Waals surface area contributed by atoms with Crippen LogP contribution in [-0.2, 0) is 6.54 Å². The van der Waals surface area contributed by atoms with Gasteiger partial charge < -0.3 is 5.32 Å². The highest BCUT2D eigenvalue weighted by molar-refractivity contribution is 9.13. The predicted octanol–water partition coefficient (Wildman–Crippen LogP) is 5.79. The monoisotopic (exact) mass is 387 g/mol. The summed E-state index contributed by atoms with van der Waals surface area (Å²) in [4.78, 5) is 0. The van der Waals surface area contributed by atoms with E-state index in [1.807, 2.05) is 31.2 Å². The lowest BCUT2D eigenvalue weighted by atomic mass is 10.2. The Bertz CT molecular complexity index is 518. The van der Waals surface area contributed by atoms with E-state index in [1.54, 1.807) is 0 Å². The van der Waals surface area contributed by atoms with Gasteiger partial charge in [0.05, 0.1) is 0 Å². The van der Waals surface area contributed by atoms with E-state index in [9.17, 15) is 0 Å². The van der Waals surface area contributed by atoms with E-state index >= 15 is 0 Å². The number of benzene rings is 2. The van der Waals surface area contributed by atoms with Gasteiger partial charge in [0.15, 0.2) is 0 Å². The van der Waals surface area contributed by atoms with Crippen LogP contribution in [-0.4, -0.2) is 0 Å². The largest absolute Gasteiger partial charge is 0.381 e. The molecule has 0 amide bonds. The lowest BCUT2D eigenvalue weighted by Crippen LogP contribution is -1.99. The van der Waals surface area contributed by atoms with Crippen molar-refractivity contribution in [3.8, 4) is 0 Å². The third-order valence-corrected chi connectivity index (χ3v) is 4.94. The lowest BCUT2D eigenvalue weighted by molar-refractivity contribution is 1.14. The SMILES string of the molecule is Cc1ccc(NCc2ccc(Br)c(Br)c2)cc1Cl. The van der Waals surface area contributed by atoms with Gasteiger partial charge in [0.25, 0.3) is 0 Å². The van der Waals surface area contributed by atoms with Gasteiger partial charge in [-0.25, -0.2) is 0 Å². The van der Waals surface area contributed by atoms with Crippen LogP contribution in [0.2, 0.25) is 5.02 Å². The molecule has 0 saturated heterocycles. The molecule has 94 valence electrons. The lowest BCUT2D eigenvalue weighted by Gasteiger charge is -2.09. The van der Waals surface area contributed by atoms with Gasteiger partial charge in [0, 0.05) is 26.2 Å². The van der Waals surface area contributed by atoms with Gasteiger partial charge in [-0.1, -0.05) is 23.7 Å². The fourth-order valence-electron chi connectivity index (χ4n) is 1.56. The Morgan fingerprint density at radius 1 is 1.06 bits per heavy atom. The summed E-state index contributed by atoms with van der Waals surface area (Å²) < 4.78 is 2.12. The van der Waals surface area contributed by atoms with E-state index in [2.05, 4.69) is 49.3 Å². The molecule has 0 atom stereocenters. The van der Waals surface area contributed by atoms with E-state index < -0.39 is 0 Å². The standard InChI is InChI=1S/C14H12Br2ClN/c1-9-2-4-11(7-14(9)17)18-8-10-3-5-12(15)13(16)6-10/h2-7,18H,8H2,1H3. The molecule has 1 nitrogen and oxygen atoms in total. The van der Waals surface area contributed by atoms with Gasteiger partial charge >= 0.3 is 0 Å². The van der Waals surface area contributed by atoms with E-state index in [1.165, 1.54) is 5.56 Å². The number of nitrogens with one attached hydrogen (secondary N) is 1. The van der Waals surface area contributed by atoms with Crippen molar-refractivity contribution in [2.75, 3.05) is 5.32 Å². The zero-order valence-electron chi connectivity index (χ0n) is 9.81. The van der Waals surface area contributed by atoms with Crippen LogP contribution in [0.15, 0.2) is 45.3 Å². The molecule has 4 heteroatoms. The summed E-state index contributed by atoms with van der Waals surface area (Å²) in [5.41, 5.74) is 3.33. The molecule has 18 heavy (non-hydrogen) atoms. The van der Waals surface area contributed by atoms with Crippen LogP contribution >= 0.6 is 43.5 Å². The summed E-state index contributed by atoms with van der Waals surface area (Å²) in [6.45, 7) is 2.77. The van der Waals surface area contributed by atoms with E-state index in [0.717, 1.165) is 31.8 Å². The molecule has 0 spiro atoms. The van der Waals surface area contributed by atoms with Gasteiger partial charge in [-0.15, -0.1) is 0 Å². The molecule has 0 heterocycles. The van der Waals surface area contributed by atoms with Gasteiger partial charge in [-0.3, -0.25) is 0 Å². The molecule has 0 saturated carbocycles. The Morgan fingerprint density at radius 3 is 2.50 bits per heavy atom. The van der Waals surface area contributed by atoms with Gasteiger partial charge in [-0.2, -0.15) is 0 Å². The second-order valence-corrected chi connectivity index (χ2v) is 6.18. The van der Waals surface area contributed by atoms with Crippen molar-refractivity contribution >= 4 is 49.1 Å². The Morgan fingerprint density at radius 2 is 1.83 bits per heavy atom. The van der Waals surface area contributed by atoms with Crippen LogP contribution in [0.1, 0.15) is 11.1 Å². The Labute approximate surface area is 129 Å². The predicted molar refractivity (Wildman–Crippen MR) is 85.4 cm³/mol. The number of hydrogen-bond acceptors (Lipinski definition) is 1. The summed E-state index contributed by atoms with van der Waals surface area (Å²) in [6, 6.07) is 12.2. The van der Waals surface area contributed by atoms with Crippen molar-refractivity contribution in [1.82, 2.24) is 0 Å². The fraction of sp³-hybridized carbons (Fsp3) is 0.143. The highest BCUT2D eigenvalue weighted by Gasteiger charge is 2.00. The van der Waals surface area contributed by atoms with E-state index in [-0.39, 0.29) is 0 Å². The zero-order chi connectivity index (χ0) is 13.1. The minimum atomic E-state index is 0.769. The number of hydrogen-bond donors (Lipinski definition) is 1. The topological polar surface area (TPSA) is 12.0 Å². The average molecular weight is 390 g/mol. The first-order valence-electron chi connectivity index (χ1n) is 5.50. The molecule has 2 rings (SSSR count). The Balaban J connectivity index is 2.06. The smallest absolute Gasteiger partial charge is 0.0455 e. The number of aryl methyl sites for hydroxylation is 1. The van der Waals surface area contributed by atoms with Gasteiger partial charge in [0.2, 0.25) is 0 Å². The van der Waals surface area contributed by atoms with Crippen molar-refractivity contribution in [3.63, 3.8) is 0 Å². The molecular formula is C14H12Br2ClN. The summed E-state index contributed by atoms with van der Waals surface area (Å²) in [6.07, 6.45) is 0. The molecule has 0 unspecified atom stereocenters. The molecule has 2 aromatic rings. The highest BCUT2D eigenvalue weighted by Crippen LogP contribution is 2.25. The molecule has 0 aliphatic heterocycles. The molecule has 0 fully saturated rings. The summed E-state index contributed by atoms with van der Waals surface area (Å²) >= 11 is 13.0. The van der Waals surface area contributed by atoms with Crippen LogP contribution < -0.4 is 5.32 Å². The number of anilines is 1. The zero-order valence-corrected chi connectivity index (χ0v) is 13.7. The number of rotatable bonds is 3. The maximum absolute atomic E-state index is 6.09. The molecule has 2 aromatic carbocycles. The van der Waals surface area contributed by atoms with Crippen molar-refractivity contribution in [2.45, 2.75) is 13.5 Å². The maximum Gasteiger partial charge on any atom is 0.0455 e. The first kappa shape index (κ1) is 13.9. The molecular weight excluding hydrogens is 377 g/mol. The summed E-state index contributed by atoms with van der Waals surface area (Å²) in [5.74, 6) is 0. The molecule has 0 aliphatic carbocycles. The summed E-state index contributed by atoms with van der Waals surface area (Å²) in [7, 11) is 0. The van der Waals surface area contributed by atoms with Crippen molar-refractivity contribution in [2.24, 2.45) is 0 Å². The second kappa shape index (κ2) is 6.09. The van der Waals surface area contributed by atoms with Crippen LogP contribution in [0.3, 0.4) is 0 Å². The molecule has 0 bridgehead atoms. The van der Waals surface area contributed by atoms with Crippen molar-refractivity contribution in [3.05, 3.63) is 61.5 Å². The highest BCUT2D eigenvalue weighted by atomic mass is 79.9. The fourth-order valence-corrected chi connectivity index (χ4v) is 2.41.